The summed E-state index contributed by atoms with van der Waals surface area (Å²) in [6.45, 7) is 4.34. The van der Waals surface area contributed by atoms with Crippen LogP contribution in [0.3, 0.4) is 0 Å². The number of hydrogen-bond acceptors (Lipinski definition) is 3. The van der Waals surface area contributed by atoms with Gasteiger partial charge in [0.1, 0.15) is 0 Å². The number of ether oxygens (including phenoxy) is 1. The number of anilines is 2. The second-order valence-electron chi connectivity index (χ2n) is 6.49. The molecule has 2 heterocycles. The molecule has 1 fully saturated rings. The maximum atomic E-state index is 12.5. The molecule has 2 aliphatic heterocycles. The van der Waals surface area contributed by atoms with E-state index >= 15 is 0 Å². The molecule has 5 heteroatoms. The van der Waals surface area contributed by atoms with E-state index in [1.165, 1.54) is 11.3 Å². The van der Waals surface area contributed by atoms with Crippen molar-refractivity contribution in [1.82, 2.24) is 4.90 Å². The Morgan fingerprint density at radius 1 is 1.00 bits per heavy atom. The van der Waals surface area contributed by atoms with E-state index in [1.54, 1.807) is 0 Å². The van der Waals surface area contributed by atoms with Crippen LogP contribution in [0.2, 0.25) is 0 Å². The third-order valence-electron chi connectivity index (χ3n) is 4.90. The lowest BCUT2D eigenvalue weighted by Crippen LogP contribution is -2.43. The van der Waals surface area contributed by atoms with Crippen molar-refractivity contribution >= 4 is 17.4 Å². The molecule has 130 valence electrons. The first kappa shape index (κ1) is 16.0. The molecule has 0 spiro atoms. The predicted molar refractivity (Wildman–Crippen MR) is 99.0 cm³/mol. The highest BCUT2D eigenvalue weighted by Gasteiger charge is 2.21. The van der Waals surface area contributed by atoms with Crippen molar-refractivity contribution in [1.29, 1.82) is 0 Å². The first-order valence-corrected chi connectivity index (χ1v) is 8.86. The Morgan fingerprint density at radius 3 is 2.64 bits per heavy atom. The number of benzene rings is 2. The normalized spacial score (nSPS) is 16.6. The Hall–Kier alpha value is -2.53. The summed E-state index contributed by atoms with van der Waals surface area (Å²) < 4.78 is 5.32. The standard InChI is InChI=1S/C20H23N3O2/c24-20(22-11-13-25-14-12-22)21-18-7-3-1-6-17(18)15-23-10-9-16-5-2-4-8-19(16)23/h1-8H,9-15H2,(H,21,24). The SMILES string of the molecule is O=C(Nc1ccccc1CN1CCc2ccccc21)N1CCOCC1. The van der Waals surface area contributed by atoms with Crippen molar-refractivity contribution in [2.45, 2.75) is 13.0 Å². The summed E-state index contributed by atoms with van der Waals surface area (Å²) in [5.74, 6) is 0. The molecule has 2 aromatic carbocycles. The molecule has 0 saturated carbocycles. The summed E-state index contributed by atoms with van der Waals surface area (Å²) in [7, 11) is 0. The zero-order valence-electron chi connectivity index (χ0n) is 14.3. The average Bonchev–Trinajstić information content (AvgIpc) is 3.07. The van der Waals surface area contributed by atoms with Crippen LogP contribution in [0.1, 0.15) is 11.1 Å². The van der Waals surface area contributed by atoms with Gasteiger partial charge in [0.2, 0.25) is 0 Å². The molecule has 1 N–H and O–H groups in total. The molecule has 2 aliphatic rings. The number of carbonyl (C=O) groups excluding carboxylic acids is 1. The summed E-state index contributed by atoms with van der Waals surface area (Å²) in [5, 5.41) is 3.08. The highest BCUT2D eigenvalue weighted by molar-refractivity contribution is 5.90. The molecule has 0 unspecified atom stereocenters. The van der Waals surface area contributed by atoms with E-state index in [9.17, 15) is 4.79 Å². The fourth-order valence-corrected chi connectivity index (χ4v) is 3.52. The number of morpholine rings is 1. The zero-order valence-corrected chi connectivity index (χ0v) is 14.3. The minimum absolute atomic E-state index is 0.0439. The van der Waals surface area contributed by atoms with E-state index < -0.39 is 0 Å². The largest absolute Gasteiger partial charge is 0.378 e. The van der Waals surface area contributed by atoms with E-state index in [0.717, 1.165) is 30.8 Å². The van der Waals surface area contributed by atoms with Gasteiger partial charge in [-0.2, -0.15) is 0 Å². The average molecular weight is 337 g/mol. The van der Waals surface area contributed by atoms with Gasteiger partial charge in [0, 0.05) is 37.6 Å². The molecule has 0 atom stereocenters. The number of amides is 2. The van der Waals surface area contributed by atoms with E-state index in [4.69, 9.17) is 4.74 Å². The number of urea groups is 1. The van der Waals surface area contributed by atoms with Gasteiger partial charge in [0.15, 0.2) is 0 Å². The zero-order chi connectivity index (χ0) is 17.1. The maximum Gasteiger partial charge on any atom is 0.322 e. The third-order valence-corrected chi connectivity index (χ3v) is 4.90. The Morgan fingerprint density at radius 2 is 1.76 bits per heavy atom. The fraction of sp³-hybridized carbons (Fsp3) is 0.350. The Labute approximate surface area is 148 Å². The Balaban J connectivity index is 1.49. The monoisotopic (exact) mass is 337 g/mol. The molecule has 0 bridgehead atoms. The molecule has 0 aliphatic carbocycles. The second kappa shape index (κ2) is 7.15. The molecule has 2 aromatic rings. The van der Waals surface area contributed by atoms with E-state index in [1.807, 2.05) is 23.1 Å². The lowest BCUT2D eigenvalue weighted by Gasteiger charge is -2.28. The molecule has 1 saturated heterocycles. The van der Waals surface area contributed by atoms with Gasteiger partial charge >= 0.3 is 6.03 Å². The van der Waals surface area contributed by atoms with E-state index in [0.29, 0.717) is 26.3 Å². The minimum atomic E-state index is -0.0439. The van der Waals surface area contributed by atoms with Crippen LogP contribution in [0, 0.1) is 0 Å². The van der Waals surface area contributed by atoms with Crippen LogP contribution in [-0.2, 0) is 17.7 Å². The number of nitrogens with one attached hydrogen (secondary N) is 1. The summed E-state index contributed by atoms with van der Waals surface area (Å²) in [5.41, 5.74) is 4.73. The van der Waals surface area contributed by atoms with Crippen molar-refractivity contribution in [2.24, 2.45) is 0 Å². The highest BCUT2D eigenvalue weighted by atomic mass is 16.5. The third kappa shape index (κ3) is 3.46. The first-order valence-electron chi connectivity index (χ1n) is 8.86. The van der Waals surface area contributed by atoms with Crippen LogP contribution in [0.25, 0.3) is 0 Å². The number of carbonyl (C=O) groups is 1. The van der Waals surface area contributed by atoms with Crippen molar-refractivity contribution in [2.75, 3.05) is 43.1 Å². The fourth-order valence-electron chi connectivity index (χ4n) is 3.52. The Kier molecular flexibility index (Phi) is 4.57. The number of rotatable bonds is 3. The number of para-hydroxylation sites is 2. The van der Waals surface area contributed by atoms with Gasteiger partial charge in [-0.1, -0.05) is 36.4 Å². The predicted octanol–water partition coefficient (Wildman–Crippen LogP) is 3.11. The molecule has 5 nitrogen and oxygen atoms in total. The first-order chi connectivity index (χ1) is 12.3. The molecular weight excluding hydrogens is 314 g/mol. The van der Waals surface area contributed by atoms with Gasteiger partial charge in [-0.3, -0.25) is 0 Å². The molecule has 2 amide bonds. The summed E-state index contributed by atoms with van der Waals surface area (Å²) >= 11 is 0. The topological polar surface area (TPSA) is 44.8 Å². The number of fused-ring (bicyclic) bond motifs is 1. The van der Waals surface area contributed by atoms with Crippen LogP contribution in [0.5, 0.6) is 0 Å². The summed E-state index contributed by atoms with van der Waals surface area (Å²) in [6.07, 6.45) is 1.08. The lowest BCUT2D eigenvalue weighted by atomic mass is 10.1. The van der Waals surface area contributed by atoms with Crippen LogP contribution in [0.4, 0.5) is 16.2 Å². The summed E-state index contributed by atoms with van der Waals surface area (Å²) in [4.78, 5) is 16.7. The van der Waals surface area contributed by atoms with E-state index in [-0.39, 0.29) is 6.03 Å². The van der Waals surface area contributed by atoms with Crippen LogP contribution in [0.15, 0.2) is 48.5 Å². The molecule has 25 heavy (non-hydrogen) atoms. The number of hydrogen-bond donors (Lipinski definition) is 1. The van der Waals surface area contributed by atoms with Gasteiger partial charge in [0.05, 0.1) is 13.2 Å². The van der Waals surface area contributed by atoms with Gasteiger partial charge in [-0.15, -0.1) is 0 Å². The van der Waals surface area contributed by atoms with Gasteiger partial charge < -0.3 is 19.9 Å². The van der Waals surface area contributed by atoms with Crippen LogP contribution >= 0.6 is 0 Å². The molecule has 0 radical (unpaired) electrons. The summed E-state index contributed by atoms with van der Waals surface area (Å²) in [6, 6.07) is 16.6. The van der Waals surface area contributed by atoms with Gasteiger partial charge in [0.25, 0.3) is 0 Å². The van der Waals surface area contributed by atoms with Crippen LogP contribution in [-0.4, -0.2) is 43.8 Å². The second-order valence-corrected chi connectivity index (χ2v) is 6.49. The van der Waals surface area contributed by atoms with Crippen LogP contribution < -0.4 is 10.2 Å². The molecule has 4 rings (SSSR count). The van der Waals surface area contributed by atoms with Gasteiger partial charge in [-0.05, 0) is 29.7 Å². The molecule has 0 aromatic heterocycles. The Bertz CT molecular complexity index is 756. The smallest absolute Gasteiger partial charge is 0.322 e. The van der Waals surface area contributed by atoms with E-state index in [2.05, 4.69) is 40.5 Å². The van der Waals surface area contributed by atoms with Gasteiger partial charge in [-0.25, -0.2) is 4.79 Å². The van der Waals surface area contributed by atoms with Crippen molar-refractivity contribution in [3.05, 3.63) is 59.7 Å². The quantitative estimate of drug-likeness (QED) is 0.936. The van der Waals surface area contributed by atoms with Crippen molar-refractivity contribution < 1.29 is 9.53 Å². The molecular formula is C20H23N3O2. The minimum Gasteiger partial charge on any atom is -0.378 e. The van der Waals surface area contributed by atoms with Crippen molar-refractivity contribution in [3.8, 4) is 0 Å². The highest BCUT2D eigenvalue weighted by Crippen LogP contribution is 2.30. The van der Waals surface area contributed by atoms with Crippen molar-refractivity contribution in [3.63, 3.8) is 0 Å². The maximum absolute atomic E-state index is 12.5. The number of nitrogens with zero attached hydrogens (tertiary/aromatic N) is 2. The lowest BCUT2D eigenvalue weighted by molar-refractivity contribution is 0.0564.